The third-order valence-electron chi connectivity index (χ3n) is 9.54. The van der Waals surface area contributed by atoms with E-state index in [0.29, 0.717) is 53.2 Å². The van der Waals surface area contributed by atoms with Crippen LogP contribution in [0.25, 0.3) is 11.1 Å². The second-order valence-electron chi connectivity index (χ2n) is 12.9. The Labute approximate surface area is 316 Å². The normalized spacial score (nSPS) is 23.0. The van der Waals surface area contributed by atoms with Crippen molar-refractivity contribution in [1.29, 1.82) is 5.41 Å². The molecule has 12 nitrogen and oxygen atoms in total. The lowest BCUT2D eigenvalue weighted by molar-refractivity contribution is -0.152. The molecule has 0 saturated carbocycles. The summed E-state index contributed by atoms with van der Waals surface area (Å²) in [6.07, 6.45) is -0.248. The van der Waals surface area contributed by atoms with E-state index in [4.69, 9.17) is 19.6 Å². The van der Waals surface area contributed by atoms with Crippen LogP contribution >= 0.6 is 34.4 Å². The average Bonchev–Trinajstić information content (AvgIpc) is 3.94. The molecule has 4 amide bonds. The van der Waals surface area contributed by atoms with Crippen molar-refractivity contribution >= 4 is 64.0 Å². The number of alkyl halides is 2. The largest absolute Gasteiger partial charge is 0.418 e. The number of rotatable bonds is 8. The van der Waals surface area contributed by atoms with Gasteiger partial charge in [0.2, 0.25) is 15.5 Å². The highest BCUT2D eigenvalue weighted by molar-refractivity contribution is 14.1. The predicted molar refractivity (Wildman–Crippen MR) is 200 cm³/mol. The second-order valence-corrected chi connectivity index (χ2v) is 15.5. The lowest BCUT2D eigenvalue weighted by Crippen LogP contribution is -2.52. The van der Waals surface area contributed by atoms with E-state index in [2.05, 4.69) is 16.0 Å². The van der Waals surface area contributed by atoms with Gasteiger partial charge in [0.25, 0.3) is 5.91 Å². The molecule has 3 aromatic carbocycles. The molecule has 15 heteroatoms. The molecule has 3 aliphatic heterocycles. The first kappa shape index (κ1) is 36.1. The number of fused-ring (bicyclic) bond motifs is 3. The number of thioether (sulfide) groups is 1. The van der Waals surface area contributed by atoms with E-state index in [-0.39, 0.29) is 42.2 Å². The molecule has 2 saturated heterocycles. The van der Waals surface area contributed by atoms with Crippen LogP contribution in [-0.4, -0.2) is 84.0 Å². The van der Waals surface area contributed by atoms with Gasteiger partial charge in [-0.15, -0.1) is 11.8 Å². The van der Waals surface area contributed by atoms with E-state index in [9.17, 15) is 19.2 Å². The molecule has 0 bridgehead atoms. The van der Waals surface area contributed by atoms with Crippen molar-refractivity contribution < 1.29 is 37.8 Å². The van der Waals surface area contributed by atoms with Crippen LogP contribution in [0.2, 0.25) is 0 Å². The van der Waals surface area contributed by atoms with Gasteiger partial charge in [-0.05, 0) is 76.7 Å². The van der Waals surface area contributed by atoms with Gasteiger partial charge in [0, 0.05) is 40.0 Å². The number of amides is 4. The van der Waals surface area contributed by atoms with Gasteiger partial charge in [0.1, 0.15) is 17.6 Å². The van der Waals surface area contributed by atoms with Gasteiger partial charge < -0.3 is 29.7 Å². The third kappa shape index (κ3) is 7.18. The number of para-hydroxylation sites is 1. The maximum Gasteiger partial charge on any atom is 0.418 e. The maximum atomic E-state index is 15.7. The molecule has 270 valence electrons. The number of amidine groups is 1. The topological polar surface area (TPSA) is 159 Å². The number of halogens is 2. The van der Waals surface area contributed by atoms with Crippen LogP contribution in [0.1, 0.15) is 41.3 Å². The lowest BCUT2D eigenvalue weighted by atomic mass is 10.0. The minimum absolute atomic E-state index is 0.0177. The molecular formula is C37H35FIN5O7S. The van der Waals surface area contributed by atoms with Gasteiger partial charge in [-0.2, -0.15) is 0 Å². The number of nitrogens with zero attached hydrogens (tertiary/aromatic N) is 1. The highest BCUT2D eigenvalue weighted by Crippen LogP contribution is 2.54. The Bertz CT molecular complexity index is 1970. The van der Waals surface area contributed by atoms with Gasteiger partial charge in [-0.3, -0.25) is 25.1 Å². The van der Waals surface area contributed by atoms with Crippen molar-refractivity contribution in [2.75, 3.05) is 26.3 Å². The van der Waals surface area contributed by atoms with Crippen molar-refractivity contribution in [3.05, 3.63) is 100 Å². The van der Waals surface area contributed by atoms with Crippen LogP contribution in [-0.2, 0) is 22.7 Å². The number of benzene rings is 3. The van der Waals surface area contributed by atoms with Gasteiger partial charge >= 0.3 is 6.09 Å². The quantitative estimate of drug-likeness (QED) is 0.107. The number of carbonyl (C=O) groups excluding carboxylic acids is 4. The van der Waals surface area contributed by atoms with E-state index in [1.807, 2.05) is 19.1 Å². The van der Waals surface area contributed by atoms with E-state index in [1.165, 1.54) is 22.7 Å². The van der Waals surface area contributed by atoms with Gasteiger partial charge in [-0.25, -0.2) is 9.18 Å². The summed E-state index contributed by atoms with van der Waals surface area (Å²) in [5, 5.41) is 18.1. The summed E-state index contributed by atoms with van der Waals surface area (Å²) in [4.78, 5) is 54.3. The SMILES string of the molecule is C[C@@H](NC(=O)[C@@H]1CC2(CN1C(=O)CNC(=O)c1ccc3c(c1)-c1ccccc1C3(F)I)OCCO2)C1CC(C(=N)NC(=O)Oc2ccccc2)=CS1. The van der Waals surface area contributed by atoms with Crippen LogP contribution in [0.5, 0.6) is 5.75 Å². The molecule has 52 heavy (non-hydrogen) atoms. The molecule has 2 unspecified atom stereocenters. The molecule has 4 atom stereocenters. The summed E-state index contributed by atoms with van der Waals surface area (Å²) < 4.78 is 30.9. The number of ether oxygens (including phenoxy) is 3. The van der Waals surface area contributed by atoms with Crippen molar-refractivity contribution in [2.45, 2.75) is 46.6 Å². The van der Waals surface area contributed by atoms with E-state index in [1.54, 1.807) is 82.6 Å². The van der Waals surface area contributed by atoms with E-state index >= 15 is 4.39 Å². The zero-order chi connectivity index (χ0) is 36.6. The highest BCUT2D eigenvalue weighted by Gasteiger charge is 2.53. The van der Waals surface area contributed by atoms with Gasteiger partial charge in [-0.1, -0.05) is 48.5 Å². The number of likely N-dealkylation sites (tertiary alicyclic amines) is 1. The van der Waals surface area contributed by atoms with Crippen LogP contribution in [0, 0.1) is 5.41 Å². The first-order chi connectivity index (χ1) is 24.9. The predicted octanol–water partition coefficient (Wildman–Crippen LogP) is 5.01. The molecule has 0 radical (unpaired) electrons. The number of hydrogen-bond acceptors (Lipinski definition) is 9. The van der Waals surface area contributed by atoms with E-state index in [0.717, 1.165) is 0 Å². The molecule has 1 spiro atoms. The first-order valence-corrected chi connectivity index (χ1v) is 18.7. The standard InChI is InChI=1S/C37H35FIN5O7S/c1-21(30-16-23(19-52-30)32(40)43-35(48)51-24-7-3-2-4-8-24)42-34(47)29-17-36(49-13-14-50-36)20-44(29)31(45)18-41-33(46)22-11-12-28-26(15-22)25-9-5-6-10-27(25)37(28,38)39/h2-12,15,19,21,29-30H,13-14,16-18,20H2,1H3,(H,41,46)(H,42,47)(H2,40,43,48)/t21-,29+,30?,37?/m1/s1. The second kappa shape index (κ2) is 14.6. The Balaban J connectivity index is 0.955. The molecule has 4 aliphatic rings. The number of hydrogen-bond donors (Lipinski definition) is 4. The fourth-order valence-electron chi connectivity index (χ4n) is 6.87. The molecule has 3 heterocycles. The minimum atomic E-state index is -1.72. The van der Waals surface area contributed by atoms with Crippen LogP contribution in [0.3, 0.4) is 0 Å². The molecule has 7 rings (SSSR count). The molecule has 1 aliphatic carbocycles. The Morgan fingerprint density at radius 3 is 2.52 bits per heavy atom. The summed E-state index contributed by atoms with van der Waals surface area (Å²) in [5.41, 5.74) is 3.19. The molecule has 2 fully saturated rings. The summed E-state index contributed by atoms with van der Waals surface area (Å²) in [5.74, 6) is -2.26. The fraction of sp³-hybridized carbons (Fsp3) is 0.324. The Hall–Kier alpha value is -4.32. The van der Waals surface area contributed by atoms with Crippen molar-refractivity contribution in [2.24, 2.45) is 0 Å². The number of carbonyl (C=O) groups is 4. The molecular weight excluding hydrogens is 804 g/mol. The Morgan fingerprint density at radius 2 is 1.75 bits per heavy atom. The third-order valence-corrected chi connectivity index (χ3v) is 12.0. The van der Waals surface area contributed by atoms with Crippen molar-refractivity contribution in [3.63, 3.8) is 0 Å². The van der Waals surface area contributed by atoms with Crippen molar-refractivity contribution in [3.8, 4) is 16.9 Å². The monoisotopic (exact) mass is 839 g/mol. The van der Waals surface area contributed by atoms with Gasteiger partial charge in [0.15, 0.2) is 5.79 Å². The Morgan fingerprint density at radius 1 is 1.04 bits per heavy atom. The number of nitrogens with one attached hydrogen (secondary N) is 4. The van der Waals surface area contributed by atoms with Crippen LogP contribution in [0.4, 0.5) is 9.18 Å². The molecule has 0 aromatic heterocycles. The zero-order valence-electron chi connectivity index (χ0n) is 27.9. The molecule has 3 aromatic rings. The Kier molecular flexibility index (Phi) is 10.1. The maximum absolute atomic E-state index is 15.7. The highest BCUT2D eigenvalue weighted by atomic mass is 127. The van der Waals surface area contributed by atoms with Crippen LogP contribution < -0.4 is 20.7 Å². The van der Waals surface area contributed by atoms with Crippen molar-refractivity contribution in [1.82, 2.24) is 20.9 Å². The average molecular weight is 840 g/mol. The lowest BCUT2D eigenvalue weighted by Gasteiger charge is -2.27. The van der Waals surface area contributed by atoms with Crippen LogP contribution in [0.15, 0.2) is 83.8 Å². The van der Waals surface area contributed by atoms with Gasteiger partial charge in [0.05, 0.1) is 26.3 Å². The zero-order valence-corrected chi connectivity index (χ0v) is 30.9. The van der Waals surface area contributed by atoms with E-state index < -0.39 is 39.3 Å². The smallest absolute Gasteiger partial charge is 0.410 e. The summed E-state index contributed by atoms with van der Waals surface area (Å²) in [6.45, 7) is 2.13. The summed E-state index contributed by atoms with van der Waals surface area (Å²) in [6, 6.07) is 19.1. The molecule has 4 N–H and O–H groups in total. The fourth-order valence-corrected chi connectivity index (χ4v) is 8.95. The minimum Gasteiger partial charge on any atom is -0.410 e. The summed E-state index contributed by atoms with van der Waals surface area (Å²) in [7, 11) is 0. The summed E-state index contributed by atoms with van der Waals surface area (Å²) >= 11 is 3.21. The first-order valence-electron chi connectivity index (χ1n) is 16.7.